The Morgan fingerprint density at radius 2 is 1.59 bits per heavy atom. The first-order valence-corrected chi connectivity index (χ1v) is 9.73. The number of hydrogen-bond donors (Lipinski definition) is 1. The quantitative estimate of drug-likeness (QED) is 0.329. The lowest BCUT2D eigenvalue weighted by molar-refractivity contribution is -0.394. The summed E-state index contributed by atoms with van der Waals surface area (Å²) in [4.78, 5) is 47.4. The second-order valence-corrected chi connectivity index (χ2v) is 6.99. The zero-order chi connectivity index (χ0) is 23.6. The maximum Gasteiger partial charge on any atom is 0.336 e. The molecule has 2 aromatic carbocycles. The lowest BCUT2D eigenvalue weighted by Gasteiger charge is -2.25. The first kappa shape index (κ1) is 22.4. The number of nitrogens with one attached hydrogen (secondary N) is 1. The Hall–Kier alpha value is -4.28. The molecular weight excluding hydrogens is 420 g/mol. The largest absolute Gasteiger partial charge is 0.423 e. The summed E-state index contributed by atoms with van der Waals surface area (Å²) in [5.74, 6) is -0.750. The van der Waals surface area contributed by atoms with Crippen LogP contribution in [0.15, 0.2) is 45.6 Å². The number of nitrogens with zero attached hydrogens (tertiary/aromatic N) is 3. The molecule has 0 aliphatic heterocycles. The molecule has 0 saturated heterocycles. The summed E-state index contributed by atoms with van der Waals surface area (Å²) in [6.07, 6.45) is 0. The predicted octanol–water partition coefficient (Wildman–Crippen LogP) is 4.02. The first-order chi connectivity index (χ1) is 15.1. The highest BCUT2D eigenvalue weighted by Gasteiger charge is 2.22. The average Bonchev–Trinajstić information content (AvgIpc) is 2.74. The number of benzene rings is 2. The van der Waals surface area contributed by atoms with Gasteiger partial charge in [0, 0.05) is 42.7 Å². The van der Waals surface area contributed by atoms with Gasteiger partial charge >= 0.3 is 5.63 Å². The molecule has 1 amide bonds. The van der Waals surface area contributed by atoms with E-state index in [2.05, 4.69) is 5.32 Å². The Morgan fingerprint density at radius 3 is 2.12 bits per heavy atom. The van der Waals surface area contributed by atoms with Gasteiger partial charge in [-0.05, 0) is 32.4 Å². The zero-order valence-electron chi connectivity index (χ0n) is 17.6. The van der Waals surface area contributed by atoms with Crippen LogP contribution in [0.3, 0.4) is 0 Å². The number of hydrogen-bond acceptors (Lipinski definition) is 8. The number of aryl methyl sites for hydroxylation is 1. The third-order valence-electron chi connectivity index (χ3n) is 5.01. The number of rotatable bonds is 7. The fraction of sp³-hybridized carbons (Fsp3) is 0.238. The maximum atomic E-state index is 12.9. The van der Waals surface area contributed by atoms with Crippen molar-refractivity contribution >= 4 is 39.6 Å². The topological polar surface area (TPSA) is 149 Å². The molecule has 1 heterocycles. The van der Waals surface area contributed by atoms with Crippen LogP contribution in [0.4, 0.5) is 22.7 Å². The molecule has 3 rings (SSSR count). The summed E-state index contributed by atoms with van der Waals surface area (Å²) in [5, 5.41) is 25.6. The Bertz CT molecular complexity index is 1260. The van der Waals surface area contributed by atoms with Crippen LogP contribution in [-0.4, -0.2) is 28.8 Å². The highest BCUT2D eigenvalue weighted by Crippen LogP contribution is 2.33. The Balaban J connectivity index is 2.14. The summed E-state index contributed by atoms with van der Waals surface area (Å²) >= 11 is 0. The summed E-state index contributed by atoms with van der Waals surface area (Å²) in [6, 6.07) is 7.36. The van der Waals surface area contributed by atoms with Crippen LogP contribution in [-0.2, 0) is 0 Å². The summed E-state index contributed by atoms with van der Waals surface area (Å²) < 4.78 is 5.31. The summed E-state index contributed by atoms with van der Waals surface area (Å²) in [5.41, 5.74) is 0.0782. The van der Waals surface area contributed by atoms with E-state index in [9.17, 15) is 29.8 Å². The molecule has 0 aliphatic carbocycles. The fourth-order valence-electron chi connectivity index (χ4n) is 3.41. The predicted molar refractivity (Wildman–Crippen MR) is 118 cm³/mol. The van der Waals surface area contributed by atoms with E-state index >= 15 is 0 Å². The Labute approximate surface area is 181 Å². The van der Waals surface area contributed by atoms with Crippen molar-refractivity contribution in [1.29, 1.82) is 0 Å². The van der Waals surface area contributed by atoms with Gasteiger partial charge in [-0.15, -0.1) is 0 Å². The van der Waals surface area contributed by atoms with E-state index in [-0.39, 0.29) is 5.56 Å². The molecule has 0 fully saturated rings. The monoisotopic (exact) mass is 440 g/mol. The molecular formula is C21H20N4O7. The second-order valence-electron chi connectivity index (χ2n) is 6.99. The van der Waals surface area contributed by atoms with E-state index in [1.807, 2.05) is 18.7 Å². The molecule has 0 radical (unpaired) electrons. The van der Waals surface area contributed by atoms with Gasteiger partial charge < -0.3 is 14.6 Å². The van der Waals surface area contributed by atoms with Gasteiger partial charge in [0.05, 0.1) is 32.9 Å². The van der Waals surface area contributed by atoms with Crippen LogP contribution in [0.1, 0.15) is 29.8 Å². The standard InChI is InChI=1S/C21H20N4O7/c1-4-23(5-2)18-11-19-16(12(3)6-20(26)32-19)10-17(18)22-21(27)13-7-14(24(28)29)9-15(8-13)25(30)31/h6-11H,4-5H2,1-3H3,(H,22,27). The maximum absolute atomic E-state index is 12.9. The third-order valence-corrected chi connectivity index (χ3v) is 5.01. The minimum atomic E-state index is -0.799. The highest BCUT2D eigenvalue weighted by molar-refractivity contribution is 6.08. The van der Waals surface area contributed by atoms with E-state index in [1.54, 1.807) is 19.1 Å². The number of fused-ring (bicyclic) bond motifs is 1. The van der Waals surface area contributed by atoms with Crippen LogP contribution in [0, 0.1) is 27.2 Å². The first-order valence-electron chi connectivity index (χ1n) is 9.73. The highest BCUT2D eigenvalue weighted by atomic mass is 16.6. The van der Waals surface area contributed by atoms with Crippen LogP contribution in [0.2, 0.25) is 0 Å². The number of anilines is 2. The zero-order valence-corrected chi connectivity index (χ0v) is 17.6. The molecule has 0 atom stereocenters. The number of amides is 1. The van der Waals surface area contributed by atoms with Gasteiger partial charge in [0.25, 0.3) is 17.3 Å². The number of non-ortho nitro benzene ring substituents is 2. The SMILES string of the molecule is CCN(CC)c1cc2oc(=O)cc(C)c2cc1NC(=O)c1cc([N+](=O)[O-])cc([N+](=O)[O-])c1. The van der Waals surface area contributed by atoms with Gasteiger partial charge in [0.1, 0.15) is 5.58 Å². The molecule has 166 valence electrons. The van der Waals surface area contributed by atoms with Crippen molar-refractivity contribution in [3.8, 4) is 0 Å². The van der Waals surface area contributed by atoms with E-state index in [0.29, 0.717) is 41.0 Å². The van der Waals surface area contributed by atoms with Gasteiger partial charge in [0.15, 0.2) is 0 Å². The van der Waals surface area contributed by atoms with E-state index in [1.165, 1.54) is 6.07 Å². The number of nitro groups is 2. The second kappa shape index (κ2) is 8.84. The van der Waals surface area contributed by atoms with Crippen molar-refractivity contribution in [3.05, 3.63) is 78.2 Å². The van der Waals surface area contributed by atoms with Gasteiger partial charge in [-0.3, -0.25) is 25.0 Å². The molecule has 32 heavy (non-hydrogen) atoms. The molecule has 0 unspecified atom stereocenters. The van der Waals surface area contributed by atoms with Gasteiger partial charge in [-0.25, -0.2) is 4.79 Å². The van der Waals surface area contributed by atoms with Crippen LogP contribution >= 0.6 is 0 Å². The Morgan fingerprint density at radius 1 is 1.00 bits per heavy atom. The summed E-state index contributed by atoms with van der Waals surface area (Å²) in [6.45, 7) is 6.73. The summed E-state index contributed by atoms with van der Waals surface area (Å²) in [7, 11) is 0. The number of carbonyl (C=O) groups is 1. The van der Waals surface area contributed by atoms with Crippen molar-refractivity contribution in [2.75, 3.05) is 23.3 Å². The molecule has 11 heteroatoms. The molecule has 1 N–H and O–H groups in total. The minimum absolute atomic E-state index is 0.229. The number of nitro benzene ring substituents is 2. The molecule has 0 saturated carbocycles. The van der Waals surface area contributed by atoms with Crippen molar-refractivity contribution in [1.82, 2.24) is 0 Å². The van der Waals surface area contributed by atoms with Gasteiger partial charge in [-0.1, -0.05) is 0 Å². The lowest BCUT2D eigenvalue weighted by Crippen LogP contribution is -2.24. The van der Waals surface area contributed by atoms with E-state index in [0.717, 1.165) is 18.2 Å². The molecule has 0 aliphatic rings. The van der Waals surface area contributed by atoms with Gasteiger partial charge in [0.2, 0.25) is 0 Å². The molecule has 0 bridgehead atoms. The average molecular weight is 440 g/mol. The molecule has 3 aromatic rings. The minimum Gasteiger partial charge on any atom is -0.423 e. The van der Waals surface area contributed by atoms with Crippen molar-refractivity contribution in [2.45, 2.75) is 20.8 Å². The van der Waals surface area contributed by atoms with E-state index in [4.69, 9.17) is 4.42 Å². The van der Waals surface area contributed by atoms with Gasteiger partial charge in [-0.2, -0.15) is 0 Å². The normalized spacial score (nSPS) is 10.7. The molecule has 11 nitrogen and oxygen atoms in total. The third kappa shape index (κ3) is 4.41. The van der Waals surface area contributed by atoms with E-state index < -0.39 is 32.8 Å². The fourth-order valence-corrected chi connectivity index (χ4v) is 3.41. The van der Waals surface area contributed by atoms with Crippen molar-refractivity contribution < 1.29 is 19.1 Å². The molecule has 0 spiro atoms. The smallest absolute Gasteiger partial charge is 0.336 e. The van der Waals surface area contributed by atoms with Crippen molar-refractivity contribution in [3.63, 3.8) is 0 Å². The van der Waals surface area contributed by atoms with Crippen LogP contribution in [0.25, 0.3) is 11.0 Å². The van der Waals surface area contributed by atoms with Crippen molar-refractivity contribution in [2.24, 2.45) is 0 Å². The molecule has 1 aromatic heterocycles. The lowest BCUT2D eigenvalue weighted by atomic mass is 10.1. The number of carbonyl (C=O) groups excluding carboxylic acids is 1. The Kier molecular flexibility index (Phi) is 6.19. The van der Waals surface area contributed by atoms with Crippen LogP contribution in [0.5, 0.6) is 0 Å². The van der Waals surface area contributed by atoms with Crippen LogP contribution < -0.4 is 15.8 Å².